The van der Waals surface area contributed by atoms with E-state index in [2.05, 4.69) is 24.6 Å². The molecule has 0 radical (unpaired) electrons. The van der Waals surface area contributed by atoms with Crippen molar-refractivity contribution >= 4 is 23.9 Å². The normalized spacial score (nSPS) is 8.27. The molecule has 0 spiro atoms. The van der Waals surface area contributed by atoms with E-state index in [0.717, 1.165) is 0 Å². The van der Waals surface area contributed by atoms with E-state index in [9.17, 15) is 0 Å². The summed E-state index contributed by atoms with van der Waals surface area (Å²) in [6, 6.07) is 0. The van der Waals surface area contributed by atoms with Crippen molar-refractivity contribution in [3.8, 4) is 0 Å². The second-order valence-corrected chi connectivity index (χ2v) is 2.34. The molecule has 0 saturated carbocycles. The number of unbranched alkanes of at least 4 members (excludes halogenated alkanes) is 3. The first-order valence-corrected chi connectivity index (χ1v) is 4.07. The van der Waals surface area contributed by atoms with E-state index in [-0.39, 0.29) is 0 Å². The maximum absolute atomic E-state index is 8.56. The van der Waals surface area contributed by atoms with E-state index in [1.807, 2.05) is 0 Å². The molecule has 11 heavy (non-hydrogen) atoms. The summed E-state index contributed by atoms with van der Waals surface area (Å²) in [4.78, 5) is 8.56. The molecule has 0 unspecified atom stereocenters. The Morgan fingerprint density at radius 2 is 1.73 bits per heavy atom. The Kier molecular flexibility index (Phi) is 15.3. The van der Waals surface area contributed by atoms with Gasteiger partial charge in [-0.15, -0.1) is 0 Å². The Morgan fingerprint density at radius 1 is 1.27 bits per heavy atom. The molecule has 0 aliphatic rings. The van der Waals surface area contributed by atoms with Gasteiger partial charge in [0.15, 0.2) is 0 Å². The van der Waals surface area contributed by atoms with Gasteiger partial charge in [-0.2, -0.15) is 0 Å². The molecule has 0 amide bonds. The Balaban J connectivity index is 0. The second-order valence-electron chi connectivity index (χ2n) is 2.34. The number of rotatable bonds is 4. The summed E-state index contributed by atoms with van der Waals surface area (Å²) in [5.41, 5.74) is 0. The molecule has 0 aromatic heterocycles. The van der Waals surface area contributed by atoms with Crippen LogP contribution in [-0.2, 0) is 0 Å². The van der Waals surface area contributed by atoms with E-state index in [1.54, 1.807) is 0 Å². The van der Waals surface area contributed by atoms with Crippen LogP contribution in [0.3, 0.4) is 0 Å². The summed E-state index contributed by atoms with van der Waals surface area (Å²) in [5.74, 6) is 0. The van der Waals surface area contributed by atoms with Crippen LogP contribution in [0.5, 0.6) is 0 Å². The van der Waals surface area contributed by atoms with E-state index >= 15 is 0 Å². The molecule has 0 aliphatic heterocycles. The van der Waals surface area contributed by atoms with Crippen molar-refractivity contribution in [2.24, 2.45) is 0 Å². The van der Waals surface area contributed by atoms with Crippen LogP contribution in [0.1, 0.15) is 32.6 Å². The topological polar surface area (TPSA) is 57.5 Å². The average molecular weight is 154 g/mol. The van der Waals surface area contributed by atoms with Crippen LogP contribution in [0.15, 0.2) is 0 Å². The first-order valence-electron chi connectivity index (χ1n) is 4.07. The molecule has 0 saturated heterocycles. The average Bonchev–Trinajstić information content (AvgIpc) is 1.88. The molecule has 0 fully saturated rings. The molecular formula is C7H15LiO3. The van der Waals surface area contributed by atoms with Crippen molar-refractivity contribution in [3.63, 3.8) is 0 Å². The van der Waals surface area contributed by atoms with Gasteiger partial charge in [-0.1, -0.05) is 0 Å². The fourth-order valence-corrected chi connectivity index (χ4v) is 0.677. The third-order valence-electron chi connectivity index (χ3n) is 1.21. The zero-order chi connectivity index (χ0) is 9.11. The van der Waals surface area contributed by atoms with E-state index in [1.165, 1.54) is 30.8 Å². The Morgan fingerprint density at radius 3 is 2.00 bits per heavy atom. The van der Waals surface area contributed by atoms with Crippen LogP contribution < -0.4 is 0 Å². The molecule has 3 nitrogen and oxygen atoms in total. The first kappa shape index (κ1) is 13.5. The van der Waals surface area contributed by atoms with Crippen molar-refractivity contribution in [2.45, 2.75) is 37.7 Å². The zero-order valence-corrected chi connectivity index (χ0v) is 7.34. The van der Waals surface area contributed by atoms with Gasteiger partial charge in [0.25, 0.3) is 0 Å². The predicted octanol–water partition coefficient (Wildman–Crippen LogP) is 2.38. The summed E-state index contributed by atoms with van der Waals surface area (Å²) >= 11 is 2.25. The summed E-state index contributed by atoms with van der Waals surface area (Å²) in [7, 11) is 0. The van der Waals surface area contributed by atoms with Gasteiger partial charge >= 0.3 is 61.6 Å². The number of carbonyl (C=O) groups is 1. The van der Waals surface area contributed by atoms with Gasteiger partial charge in [0.05, 0.1) is 0 Å². The van der Waals surface area contributed by atoms with Crippen LogP contribution in [-0.4, -0.2) is 34.1 Å². The predicted molar refractivity (Wildman–Crippen MR) is 45.4 cm³/mol. The van der Waals surface area contributed by atoms with Gasteiger partial charge in [0, 0.05) is 0 Å². The second kappa shape index (κ2) is 12.5. The summed E-state index contributed by atoms with van der Waals surface area (Å²) in [6.07, 6.45) is 3.81. The van der Waals surface area contributed by atoms with E-state index < -0.39 is 6.16 Å². The van der Waals surface area contributed by atoms with Gasteiger partial charge in [-0.3, -0.25) is 0 Å². The Hall–Kier alpha value is -0.133. The number of hydrogen-bond donors (Lipinski definition) is 2. The molecule has 0 bridgehead atoms. The quantitative estimate of drug-likeness (QED) is 0.482. The van der Waals surface area contributed by atoms with Crippen molar-refractivity contribution in [3.05, 3.63) is 0 Å². The van der Waals surface area contributed by atoms with Crippen LogP contribution in [0, 0.1) is 0 Å². The molecule has 62 valence electrons. The molecule has 2 N–H and O–H groups in total. The van der Waals surface area contributed by atoms with Crippen molar-refractivity contribution in [2.75, 3.05) is 0 Å². The summed E-state index contributed by atoms with van der Waals surface area (Å²) in [6.45, 7) is 2.25. The van der Waals surface area contributed by atoms with E-state index in [0.29, 0.717) is 0 Å². The minimum absolute atomic E-state index is 1.36. The Labute approximate surface area is 77.0 Å². The van der Waals surface area contributed by atoms with Crippen LogP contribution >= 0.6 is 0 Å². The standard InChI is InChI=1S/C6H13.CH2O3.Li/c1-3-5-6-4-2;2-1(3)4;/h1,3-6H2,2H3;(H2,2,3,4);. The van der Waals surface area contributed by atoms with Crippen LogP contribution in [0.25, 0.3) is 0 Å². The monoisotopic (exact) mass is 154 g/mol. The van der Waals surface area contributed by atoms with Crippen molar-refractivity contribution in [1.82, 2.24) is 0 Å². The SMILES string of the molecule is O=C(O)O.[Li][CH2]CCCCC. The molecule has 0 rings (SSSR count). The third-order valence-corrected chi connectivity index (χ3v) is 1.21. The fraction of sp³-hybridized carbons (Fsp3) is 0.857. The van der Waals surface area contributed by atoms with Gasteiger partial charge in [0.1, 0.15) is 0 Å². The van der Waals surface area contributed by atoms with Gasteiger partial charge < -0.3 is 10.2 Å². The fourth-order valence-electron chi connectivity index (χ4n) is 0.677. The maximum atomic E-state index is 8.56. The summed E-state index contributed by atoms with van der Waals surface area (Å²) in [5, 5.41) is 15.3. The molecule has 0 aromatic rings. The minimum atomic E-state index is -1.83. The molecular weight excluding hydrogens is 139 g/mol. The van der Waals surface area contributed by atoms with E-state index in [4.69, 9.17) is 15.0 Å². The van der Waals surface area contributed by atoms with Crippen LogP contribution in [0.4, 0.5) is 4.79 Å². The van der Waals surface area contributed by atoms with Crippen molar-refractivity contribution in [1.29, 1.82) is 0 Å². The molecule has 0 aliphatic carbocycles. The Bertz CT molecular complexity index is 77.8. The molecule has 4 heteroatoms. The zero-order valence-electron chi connectivity index (χ0n) is 7.34. The van der Waals surface area contributed by atoms with Crippen LogP contribution in [0.2, 0.25) is 5.09 Å². The summed E-state index contributed by atoms with van der Waals surface area (Å²) < 4.78 is 0. The molecule has 0 aromatic carbocycles. The first-order chi connectivity index (χ1) is 5.15. The molecule has 0 heterocycles. The third kappa shape index (κ3) is 40.8. The number of carboxylic acid groups (broad SMARTS) is 2. The van der Waals surface area contributed by atoms with Crippen molar-refractivity contribution < 1.29 is 15.0 Å². The van der Waals surface area contributed by atoms with Gasteiger partial charge in [-0.25, -0.2) is 4.79 Å². The van der Waals surface area contributed by atoms with Gasteiger partial charge in [0.2, 0.25) is 0 Å². The number of hydrogen-bond acceptors (Lipinski definition) is 1. The molecule has 0 atom stereocenters. The van der Waals surface area contributed by atoms with Gasteiger partial charge in [-0.05, 0) is 0 Å².